The molecule has 6 heteroatoms. The molecule has 1 fully saturated rings. The summed E-state index contributed by atoms with van der Waals surface area (Å²) >= 11 is 0. The van der Waals surface area contributed by atoms with E-state index in [0.29, 0.717) is 0 Å². The van der Waals surface area contributed by atoms with Crippen LogP contribution in [0, 0.1) is 0 Å². The number of aromatic nitrogens is 4. The maximum absolute atomic E-state index is 4.29. The lowest BCUT2D eigenvalue weighted by atomic mass is 9.91. The van der Waals surface area contributed by atoms with Gasteiger partial charge in [0, 0.05) is 6.54 Å². The molecule has 0 bridgehead atoms. The molecular weight excluding hydrogens is 264 g/mol. The molecule has 1 atom stereocenters. The van der Waals surface area contributed by atoms with Gasteiger partial charge in [-0.1, -0.05) is 30.3 Å². The van der Waals surface area contributed by atoms with Crippen LogP contribution in [0.1, 0.15) is 24.7 Å². The summed E-state index contributed by atoms with van der Waals surface area (Å²) in [5, 5.41) is 16.0. The summed E-state index contributed by atoms with van der Waals surface area (Å²) in [5.74, 6) is 0.787. The van der Waals surface area contributed by atoms with E-state index < -0.39 is 0 Å². The van der Waals surface area contributed by atoms with Gasteiger partial charge in [0.15, 0.2) is 5.82 Å². The molecule has 0 amide bonds. The van der Waals surface area contributed by atoms with Gasteiger partial charge in [-0.25, -0.2) is 0 Å². The summed E-state index contributed by atoms with van der Waals surface area (Å²) in [4.78, 5) is 3.92. The van der Waals surface area contributed by atoms with Gasteiger partial charge in [-0.05, 0) is 37.2 Å². The smallest absolute Gasteiger partial charge is 0.188 e. The molecule has 0 spiro atoms. The molecule has 1 aromatic carbocycles. The fourth-order valence-corrected chi connectivity index (χ4v) is 2.97. The van der Waals surface area contributed by atoms with Crippen molar-refractivity contribution in [1.82, 2.24) is 30.4 Å². The zero-order valence-electron chi connectivity index (χ0n) is 12.7. The normalized spacial score (nSPS) is 23.9. The third kappa shape index (κ3) is 3.28. The molecular formula is C15H22N6. The molecule has 1 unspecified atom stereocenters. The zero-order valence-corrected chi connectivity index (χ0v) is 12.7. The van der Waals surface area contributed by atoms with E-state index in [1.807, 2.05) is 0 Å². The molecule has 2 heterocycles. The van der Waals surface area contributed by atoms with Gasteiger partial charge in [0.2, 0.25) is 0 Å². The molecule has 1 aliphatic heterocycles. The Hall–Kier alpha value is -1.79. The van der Waals surface area contributed by atoms with Crippen LogP contribution in [0.2, 0.25) is 0 Å². The molecule has 112 valence electrons. The molecule has 21 heavy (non-hydrogen) atoms. The Labute approximate surface area is 125 Å². The SMILES string of the molecule is Cn1nnc(CN2CCCNC(C)(c3ccccc3)C2)n1. The first-order chi connectivity index (χ1) is 10.2. The maximum Gasteiger partial charge on any atom is 0.188 e. The molecule has 1 aliphatic rings. The van der Waals surface area contributed by atoms with Gasteiger partial charge in [0.25, 0.3) is 0 Å². The lowest BCUT2D eigenvalue weighted by Crippen LogP contribution is -2.46. The first kappa shape index (κ1) is 14.2. The van der Waals surface area contributed by atoms with Crippen molar-refractivity contribution in [2.75, 3.05) is 19.6 Å². The van der Waals surface area contributed by atoms with Gasteiger partial charge in [-0.15, -0.1) is 10.2 Å². The number of nitrogens with zero attached hydrogens (tertiary/aromatic N) is 5. The minimum Gasteiger partial charge on any atom is -0.307 e. The van der Waals surface area contributed by atoms with E-state index >= 15 is 0 Å². The van der Waals surface area contributed by atoms with Crippen molar-refractivity contribution in [2.24, 2.45) is 7.05 Å². The zero-order chi connectivity index (χ0) is 14.7. The van der Waals surface area contributed by atoms with Gasteiger partial charge in [-0.2, -0.15) is 4.80 Å². The van der Waals surface area contributed by atoms with E-state index in [4.69, 9.17) is 0 Å². The molecule has 0 radical (unpaired) electrons. The monoisotopic (exact) mass is 286 g/mol. The highest BCUT2D eigenvalue weighted by Gasteiger charge is 2.31. The van der Waals surface area contributed by atoms with Crippen LogP contribution in [0.15, 0.2) is 30.3 Å². The standard InChI is InChI=1S/C15H22N6/c1-15(13-7-4-3-5-8-13)12-21(10-6-9-16-15)11-14-17-19-20(2)18-14/h3-5,7-8,16H,6,9-12H2,1-2H3. The van der Waals surface area contributed by atoms with Gasteiger partial charge < -0.3 is 5.32 Å². The third-order valence-corrected chi connectivity index (χ3v) is 4.03. The number of hydrogen-bond donors (Lipinski definition) is 1. The largest absolute Gasteiger partial charge is 0.307 e. The van der Waals surface area contributed by atoms with Crippen LogP contribution in [0.4, 0.5) is 0 Å². The molecule has 2 aromatic rings. The second-order valence-corrected chi connectivity index (χ2v) is 5.88. The predicted molar refractivity (Wildman–Crippen MR) is 80.5 cm³/mol. The van der Waals surface area contributed by atoms with E-state index in [-0.39, 0.29) is 5.54 Å². The second kappa shape index (κ2) is 5.91. The fraction of sp³-hybridized carbons (Fsp3) is 0.533. The minimum absolute atomic E-state index is 0.0417. The molecule has 3 rings (SSSR count). The lowest BCUT2D eigenvalue weighted by molar-refractivity contribution is 0.209. The third-order valence-electron chi connectivity index (χ3n) is 4.03. The van der Waals surface area contributed by atoms with Crippen molar-refractivity contribution in [3.63, 3.8) is 0 Å². The van der Waals surface area contributed by atoms with E-state index in [1.165, 1.54) is 10.4 Å². The van der Waals surface area contributed by atoms with E-state index in [0.717, 1.165) is 38.4 Å². The van der Waals surface area contributed by atoms with Gasteiger partial charge in [0.05, 0.1) is 19.1 Å². The molecule has 0 saturated carbocycles. The van der Waals surface area contributed by atoms with Gasteiger partial charge in [0.1, 0.15) is 0 Å². The predicted octanol–water partition coefficient (Wildman–Crippen LogP) is 0.921. The number of hydrogen-bond acceptors (Lipinski definition) is 5. The topological polar surface area (TPSA) is 58.9 Å². The molecule has 1 N–H and O–H groups in total. The average molecular weight is 286 g/mol. The Morgan fingerprint density at radius 1 is 1.29 bits per heavy atom. The van der Waals surface area contributed by atoms with Crippen molar-refractivity contribution >= 4 is 0 Å². The van der Waals surface area contributed by atoms with Crippen LogP contribution in [-0.4, -0.2) is 44.7 Å². The van der Waals surface area contributed by atoms with Crippen molar-refractivity contribution in [2.45, 2.75) is 25.4 Å². The van der Waals surface area contributed by atoms with Crippen LogP contribution < -0.4 is 5.32 Å². The van der Waals surface area contributed by atoms with Crippen LogP contribution in [0.5, 0.6) is 0 Å². The summed E-state index contributed by atoms with van der Waals surface area (Å²) < 4.78 is 0. The molecule has 0 aliphatic carbocycles. The van der Waals surface area contributed by atoms with E-state index in [1.54, 1.807) is 7.05 Å². The minimum atomic E-state index is -0.0417. The summed E-state index contributed by atoms with van der Waals surface area (Å²) in [6.45, 7) is 6.03. The van der Waals surface area contributed by atoms with E-state index in [2.05, 4.69) is 62.9 Å². The highest BCUT2D eigenvalue weighted by molar-refractivity contribution is 5.24. The number of nitrogens with one attached hydrogen (secondary N) is 1. The Bertz CT molecular complexity index is 581. The Kier molecular flexibility index (Phi) is 3.98. The second-order valence-electron chi connectivity index (χ2n) is 5.88. The van der Waals surface area contributed by atoms with Crippen LogP contribution in [-0.2, 0) is 19.1 Å². The number of aryl methyl sites for hydroxylation is 1. The van der Waals surface area contributed by atoms with Crippen LogP contribution >= 0.6 is 0 Å². The van der Waals surface area contributed by atoms with Crippen molar-refractivity contribution in [3.8, 4) is 0 Å². The summed E-state index contributed by atoms with van der Waals surface area (Å²) in [6, 6.07) is 10.6. The average Bonchev–Trinajstić information content (AvgIpc) is 2.79. The molecule has 1 aromatic heterocycles. The summed E-state index contributed by atoms with van der Waals surface area (Å²) in [6.07, 6.45) is 1.13. The number of rotatable bonds is 3. The first-order valence-corrected chi connectivity index (χ1v) is 7.41. The van der Waals surface area contributed by atoms with Crippen molar-refractivity contribution < 1.29 is 0 Å². The highest BCUT2D eigenvalue weighted by Crippen LogP contribution is 2.24. The molecule has 6 nitrogen and oxygen atoms in total. The Balaban J connectivity index is 1.77. The lowest BCUT2D eigenvalue weighted by Gasteiger charge is -2.33. The quantitative estimate of drug-likeness (QED) is 0.909. The van der Waals surface area contributed by atoms with E-state index in [9.17, 15) is 0 Å². The fourth-order valence-electron chi connectivity index (χ4n) is 2.97. The maximum atomic E-state index is 4.29. The molecule has 1 saturated heterocycles. The summed E-state index contributed by atoms with van der Waals surface area (Å²) in [7, 11) is 1.80. The van der Waals surface area contributed by atoms with Crippen LogP contribution in [0.25, 0.3) is 0 Å². The van der Waals surface area contributed by atoms with Crippen LogP contribution in [0.3, 0.4) is 0 Å². The number of tetrazole rings is 1. The summed E-state index contributed by atoms with van der Waals surface area (Å²) in [5.41, 5.74) is 1.28. The Morgan fingerprint density at radius 3 is 2.81 bits per heavy atom. The first-order valence-electron chi connectivity index (χ1n) is 7.41. The Morgan fingerprint density at radius 2 is 2.10 bits per heavy atom. The van der Waals surface area contributed by atoms with Crippen molar-refractivity contribution in [1.29, 1.82) is 0 Å². The van der Waals surface area contributed by atoms with Crippen molar-refractivity contribution in [3.05, 3.63) is 41.7 Å². The van der Waals surface area contributed by atoms with Gasteiger partial charge in [-0.3, -0.25) is 4.90 Å². The highest BCUT2D eigenvalue weighted by atomic mass is 15.6. The number of benzene rings is 1. The van der Waals surface area contributed by atoms with Gasteiger partial charge >= 0.3 is 0 Å².